The normalized spacial score (nSPS) is 14.1. The number of carbonyl (C=O) groups excluding carboxylic acids is 3. The SMILES string of the molecule is CCOC(=O)c1ccc(NC(=O)C2(C(=O)Nc3cccc(C)c3C)CC2)cc1. The molecule has 1 fully saturated rings. The summed E-state index contributed by atoms with van der Waals surface area (Å²) in [5.74, 6) is -1.03. The number of amides is 2. The fourth-order valence-electron chi connectivity index (χ4n) is 2.97. The maximum atomic E-state index is 12.8. The second-order valence-corrected chi connectivity index (χ2v) is 7.04. The van der Waals surface area contributed by atoms with Gasteiger partial charge < -0.3 is 15.4 Å². The predicted octanol–water partition coefficient (Wildman–Crippen LogP) is 3.84. The van der Waals surface area contributed by atoms with Crippen molar-refractivity contribution >= 4 is 29.2 Å². The smallest absolute Gasteiger partial charge is 0.338 e. The van der Waals surface area contributed by atoms with Gasteiger partial charge in [-0.25, -0.2) is 4.79 Å². The van der Waals surface area contributed by atoms with E-state index < -0.39 is 11.4 Å². The van der Waals surface area contributed by atoms with Crippen LogP contribution in [-0.2, 0) is 14.3 Å². The van der Waals surface area contributed by atoms with Crippen LogP contribution >= 0.6 is 0 Å². The van der Waals surface area contributed by atoms with Crippen LogP contribution in [0.15, 0.2) is 42.5 Å². The zero-order valence-corrected chi connectivity index (χ0v) is 16.3. The van der Waals surface area contributed by atoms with Crippen molar-refractivity contribution in [1.29, 1.82) is 0 Å². The van der Waals surface area contributed by atoms with E-state index in [0.29, 0.717) is 30.7 Å². The number of carbonyl (C=O) groups is 3. The van der Waals surface area contributed by atoms with Gasteiger partial charge in [0.15, 0.2) is 0 Å². The summed E-state index contributed by atoms with van der Waals surface area (Å²) in [5.41, 5.74) is 2.69. The van der Waals surface area contributed by atoms with Crippen LogP contribution in [0.5, 0.6) is 0 Å². The van der Waals surface area contributed by atoms with Gasteiger partial charge in [0.05, 0.1) is 12.2 Å². The van der Waals surface area contributed by atoms with E-state index in [0.717, 1.165) is 16.8 Å². The zero-order valence-electron chi connectivity index (χ0n) is 16.3. The Bertz CT molecular complexity index is 915. The maximum Gasteiger partial charge on any atom is 0.338 e. The molecule has 2 N–H and O–H groups in total. The standard InChI is InChI=1S/C22H24N2O4/c1-4-28-19(25)16-8-10-17(11-9-16)23-20(26)22(12-13-22)21(27)24-18-7-5-6-14(2)15(18)3/h5-11H,4,12-13H2,1-3H3,(H,23,26)(H,24,27). The number of rotatable bonds is 6. The molecule has 2 aromatic carbocycles. The molecule has 0 aliphatic heterocycles. The summed E-state index contributed by atoms with van der Waals surface area (Å²) in [6.45, 7) is 5.96. The van der Waals surface area contributed by atoms with Crippen molar-refractivity contribution in [2.45, 2.75) is 33.6 Å². The van der Waals surface area contributed by atoms with Crippen LogP contribution in [0.2, 0.25) is 0 Å². The molecule has 146 valence electrons. The van der Waals surface area contributed by atoms with E-state index in [4.69, 9.17) is 4.74 Å². The largest absolute Gasteiger partial charge is 0.462 e. The summed E-state index contributed by atoms with van der Waals surface area (Å²) in [7, 11) is 0. The van der Waals surface area contributed by atoms with Crippen molar-refractivity contribution in [3.8, 4) is 0 Å². The highest BCUT2D eigenvalue weighted by molar-refractivity contribution is 6.17. The van der Waals surface area contributed by atoms with Crippen LogP contribution in [0.3, 0.4) is 0 Å². The molecule has 2 aromatic rings. The zero-order chi connectivity index (χ0) is 20.3. The van der Waals surface area contributed by atoms with E-state index in [1.165, 1.54) is 0 Å². The van der Waals surface area contributed by atoms with Gasteiger partial charge in [0.1, 0.15) is 5.41 Å². The molecule has 1 aliphatic rings. The molecule has 1 saturated carbocycles. The predicted molar refractivity (Wildman–Crippen MR) is 107 cm³/mol. The van der Waals surface area contributed by atoms with Crippen molar-refractivity contribution in [1.82, 2.24) is 0 Å². The number of esters is 1. The first-order valence-corrected chi connectivity index (χ1v) is 9.33. The Morgan fingerprint density at radius 2 is 1.61 bits per heavy atom. The molecular weight excluding hydrogens is 356 g/mol. The van der Waals surface area contributed by atoms with Gasteiger partial charge in [-0.2, -0.15) is 0 Å². The Morgan fingerprint density at radius 3 is 2.21 bits per heavy atom. The quantitative estimate of drug-likeness (QED) is 0.589. The molecule has 1 aliphatic carbocycles. The van der Waals surface area contributed by atoms with Crippen LogP contribution in [0.1, 0.15) is 41.3 Å². The van der Waals surface area contributed by atoms with Crippen molar-refractivity contribution in [3.05, 3.63) is 59.2 Å². The molecule has 2 amide bonds. The Balaban J connectivity index is 1.67. The highest BCUT2D eigenvalue weighted by Gasteiger charge is 2.56. The highest BCUT2D eigenvalue weighted by Crippen LogP contribution is 2.47. The average Bonchev–Trinajstić information content (AvgIpc) is 3.48. The molecule has 3 rings (SSSR count). The minimum Gasteiger partial charge on any atom is -0.462 e. The number of benzene rings is 2. The fourth-order valence-corrected chi connectivity index (χ4v) is 2.97. The molecular formula is C22H24N2O4. The Kier molecular flexibility index (Phi) is 5.49. The third-order valence-corrected chi connectivity index (χ3v) is 5.13. The lowest BCUT2D eigenvalue weighted by molar-refractivity contribution is -0.131. The molecule has 0 radical (unpaired) electrons. The van der Waals surface area contributed by atoms with Crippen molar-refractivity contribution in [2.24, 2.45) is 5.41 Å². The summed E-state index contributed by atoms with van der Waals surface area (Å²) in [6.07, 6.45) is 1.02. The molecule has 0 unspecified atom stereocenters. The monoisotopic (exact) mass is 380 g/mol. The molecule has 0 atom stereocenters. The van der Waals surface area contributed by atoms with E-state index in [2.05, 4.69) is 10.6 Å². The molecule has 0 aromatic heterocycles. The van der Waals surface area contributed by atoms with Gasteiger partial charge in [-0.15, -0.1) is 0 Å². The third-order valence-electron chi connectivity index (χ3n) is 5.13. The molecule has 0 bridgehead atoms. The van der Waals surface area contributed by atoms with Crippen molar-refractivity contribution in [3.63, 3.8) is 0 Å². The van der Waals surface area contributed by atoms with Crippen LogP contribution < -0.4 is 10.6 Å². The maximum absolute atomic E-state index is 12.8. The lowest BCUT2D eigenvalue weighted by Crippen LogP contribution is -2.35. The van der Waals surface area contributed by atoms with Gasteiger partial charge in [-0.3, -0.25) is 9.59 Å². The highest BCUT2D eigenvalue weighted by atomic mass is 16.5. The summed E-state index contributed by atoms with van der Waals surface area (Å²) in [4.78, 5) is 37.2. The number of anilines is 2. The van der Waals surface area contributed by atoms with E-state index >= 15 is 0 Å². The van der Waals surface area contributed by atoms with Gasteiger partial charge in [0.25, 0.3) is 0 Å². The summed E-state index contributed by atoms with van der Waals surface area (Å²) < 4.78 is 4.94. The first-order valence-electron chi connectivity index (χ1n) is 9.33. The molecule has 0 saturated heterocycles. The van der Waals surface area contributed by atoms with Crippen LogP contribution in [0, 0.1) is 19.3 Å². The summed E-state index contributed by atoms with van der Waals surface area (Å²) >= 11 is 0. The molecule has 0 spiro atoms. The number of aryl methyl sites for hydroxylation is 1. The summed E-state index contributed by atoms with van der Waals surface area (Å²) in [6, 6.07) is 12.1. The van der Waals surface area contributed by atoms with E-state index in [1.807, 2.05) is 32.0 Å². The first-order chi connectivity index (χ1) is 13.4. The van der Waals surface area contributed by atoms with Crippen LogP contribution in [0.25, 0.3) is 0 Å². The van der Waals surface area contributed by atoms with Gasteiger partial charge in [-0.1, -0.05) is 12.1 Å². The van der Waals surface area contributed by atoms with E-state index in [-0.39, 0.29) is 11.8 Å². The van der Waals surface area contributed by atoms with E-state index in [1.54, 1.807) is 31.2 Å². The molecule has 28 heavy (non-hydrogen) atoms. The number of hydrogen-bond donors (Lipinski definition) is 2. The van der Waals surface area contributed by atoms with Gasteiger partial charge in [-0.05, 0) is 75.1 Å². The van der Waals surface area contributed by atoms with Crippen LogP contribution in [0.4, 0.5) is 11.4 Å². The minimum absolute atomic E-state index is 0.290. The lowest BCUT2D eigenvalue weighted by atomic mass is 10.0. The van der Waals surface area contributed by atoms with Gasteiger partial charge >= 0.3 is 5.97 Å². The van der Waals surface area contributed by atoms with Crippen molar-refractivity contribution < 1.29 is 19.1 Å². The Hall–Kier alpha value is -3.15. The van der Waals surface area contributed by atoms with Crippen LogP contribution in [-0.4, -0.2) is 24.4 Å². The van der Waals surface area contributed by atoms with Gasteiger partial charge in [0.2, 0.25) is 11.8 Å². The third kappa shape index (κ3) is 3.91. The molecule has 6 nitrogen and oxygen atoms in total. The Morgan fingerprint density at radius 1 is 0.964 bits per heavy atom. The molecule has 0 heterocycles. The minimum atomic E-state index is -1.05. The second kappa shape index (κ2) is 7.84. The average molecular weight is 380 g/mol. The lowest BCUT2D eigenvalue weighted by Gasteiger charge is -2.17. The van der Waals surface area contributed by atoms with Gasteiger partial charge in [0, 0.05) is 11.4 Å². The van der Waals surface area contributed by atoms with E-state index in [9.17, 15) is 14.4 Å². The molecule has 6 heteroatoms. The number of hydrogen-bond acceptors (Lipinski definition) is 4. The number of nitrogens with one attached hydrogen (secondary N) is 2. The second-order valence-electron chi connectivity index (χ2n) is 7.04. The number of ether oxygens (including phenoxy) is 1. The topological polar surface area (TPSA) is 84.5 Å². The summed E-state index contributed by atoms with van der Waals surface area (Å²) in [5, 5.41) is 5.68. The first kappa shape index (κ1) is 19.6. The Labute approximate surface area is 164 Å². The fraction of sp³-hybridized carbons (Fsp3) is 0.318. The van der Waals surface area contributed by atoms with Crippen molar-refractivity contribution in [2.75, 3.05) is 17.2 Å².